The number of hydrogen-bond donors (Lipinski definition) is 1. The second-order valence-electron chi connectivity index (χ2n) is 6.62. The largest absolute Gasteiger partial charge is 0.317 e. The minimum atomic E-state index is 0.345. The number of hydrogen-bond acceptors (Lipinski definition) is 2. The fourth-order valence-electron chi connectivity index (χ4n) is 3.48. The van der Waals surface area contributed by atoms with E-state index in [0.717, 1.165) is 25.6 Å². The van der Waals surface area contributed by atoms with Crippen molar-refractivity contribution in [1.82, 2.24) is 10.2 Å². The first-order chi connectivity index (χ1) is 9.66. The van der Waals surface area contributed by atoms with E-state index >= 15 is 0 Å². The van der Waals surface area contributed by atoms with Crippen molar-refractivity contribution >= 4 is 0 Å². The third-order valence-corrected chi connectivity index (χ3v) is 4.54. The predicted octanol–water partition coefficient (Wildman–Crippen LogP) is 3.29. The van der Waals surface area contributed by atoms with E-state index in [9.17, 15) is 0 Å². The van der Waals surface area contributed by atoms with Gasteiger partial charge in [0.1, 0.15) is 0 Å². The summed E-state index contributed by atoms with van der Waals surface area (Å²) in [6, 6.07) is 11.2. The Hall–Kier alpha value is -0.860. The summed E-state index contributed by atoms with van der Waals surface area (Å²) in [4.78, 5) is 2.64. The molecular weight excluding hydrogens is 244 g/mol. The van der Waals surface area contributed by atoms with Crippen molar-refractivity contribution in [2.75, 3.05) is 32.7 Å². The summed E-state index contributed by atoms with van der Waals surface area (Å²) in [6.45, 7) is 12.8. The van der Waals surface area contributed by atoms with Crippen LogP contribution in [0.4, 0.5) is 0 Å². The SMILES string of the molecule is CCN(CC(C)C)CC1(c2ccccc2)CCNCC1. The molecule has 2 heteroatoms. The normalized spacial score (nSPS) is 18.6. The molecule has 2 rings (SSSR count). The molecule has 1 fully saturated rings. The van der Waals surface area contributed by atoms with Gasteiger partial charge in [-0.15, -0.1) is 0 Å². The molecule has 0 spiro atoms. The van der Waals surface area contributed by atoms with Crippen molar-refractivity contribution < 1.29 is 0 Å². The van der Waals surface area contributed by atoms with Gasteiger partial charge in [-0.05, 0) is 44.0 Å². The van der Waals surface area contributed by atoms with E-state index in [1.54, 1.807) is 0 Å². The molecule has 0 aromatic heterocycles. The molecule has 0 amide bonds. The molecule has 0 atom stereocenters. The predicted molar refractivity (Wildman–Crippen MR) is 87.2 cm³/mol. The molecule has 1 N–H and O–H groups in total. The Morgan fingerprint density at radius 1 is 1.15 bits per heavy atom. The number of rotatable bonds is 6. The van der Waals surface area contributed by atoms with Gasteiger partial charge in [0.2, 0.25) is 0 Å². The van der Waals surface area contributed by atoms with E-state index in [1.807, 2.05) is 0 Å². The standard InChI is InChI=1S/C18H30N2/c1-4-20(14-16(2)3)15-18(10-12-19-13-11-18)17-8-6-5-7-9-17/h5-9,16,19H,4,10-15H2,1-3H3. The van der Waals surface area contributed by atoms with E-state index in [4.69, 9.17) is 0 Å². The van der Waals surface area contributed by atoms with Gasteiger partial charge < -0.3 is 10.2 Å². The number of likely N-dealkylation sites (N-methyl/N-ethyl adjacent to an activating group) is 1. The number of piperidine rings is 1. The Kier molecular flexibility index (Phi) is 5.62. The summed E-state index contributed by atoms with van der Waals surface area (Å²) in [5, 5.41) is 3.52. The fourth-order valence-corrected chi connectivity index (χ4v) is 3.48. The molecule has 1 aliphatic rings. The zero-order chi connectivity index (χ0) is 14.4. The smallest absolute Gasteiger partial charge is 0.0104 e. The minimum absolute atomic E-state index is 0.345. The molecule has 2 nitrogen and oxygen atoms in total. The molecule has 1 aliphatic heterocycles. The Morgan fingerprint density at radius 2 is 1.80 bits per heavy atom. The Labute approximate surface area is 124 Å². The topological polar surface area (TPSA) is 15.3 Å². The zero-order valence-corrected chi connectivity index (χ0v) is 13.4. The van der Waals surface area contributed by atoms with Crippen LogP contribution in [0.2, 0.25) is 0 Å². The van der Waals surface area contributed by atoms with Crippen LogP contribution in [0.1, 0.15) is 39.2 Å². The molecule has 0 saturated carbocycles. The Bertz CT molecular complexity index is 380. The van der Waals surface area contributed by atoms with Crippen LogP contribution in [0, 0.1) is 5.92 Å². The number of nitrogens with zero attached hydrogens (tertiary/aromatic N) is 1. The first kappa shape index (κ1) is 15.5. The van der Waals surface area contributed by atoms with Crippen LogP contribution < -0.4 is 5.32 Å². The van der Waals surface area contributed by atoms with E-state index in [1.165, 1.54) is 31.5 Å². The first-order valence-corrected chi connectivity index (χ1v) is 8.15. The highest BCUT2D eigenvalue weighted by atomic mass is 15.1. The van der Waals surface area contributed by atoms with Gasteiger partial charge in [-0.3, -0.25) is 0 Å². The van der Waals surface area contributed by atoms with Crippen molar-refractivity contribution in [2.24, 2.45) is 5.92 Å². The minimum Gasteiger partial charge on any atom is -0.317 e. The summed E-state index contributed by atoms with van der Waals surface area (Å²) < 4.78 is 0. The maximum absolute atomic E-state index is 3.52. The lowest BCUT2D eigenvalue weighted by Crippen LogP contribution is -2.48. The molecule has 112 valence electrons. The maximum atomic E-state index is 3.52. The van der Waals surface area contributed by atoms with Gasteiger partial charge in [0.15, 0.2) is 0 Å². The van der Waals surface area contributed by atoms with Crippen LogP contribution in [-0.4, -0.2) is 37.6 Å². The average molecular weight is 274 g/mol. The van der Waals surface area contributed by atoms with Crippen molar-refractivity contribution in [2.45, 2.75) is 39.0 Å². The van der Waals surface area contributed by atoms with Crippen LogP contribution in [-0.2, 0) is 5.41 Å². The van der Waals surface area contributed by atoms with E-state index < -0.39 is 0 Å². The summed E-state index contributed by atoms with van der Waals surface area (Å²) in [6.07, 6.45) is 2.51. The van der Waals surface area contributed by atoms with Crippen LogP contribution in [0.3, 0.4) is 0 Å². The van der Waals surface area contributed by atoms with Crippen molar-refractivity contribution in [3.63, 3.8) is 0 Å². The summed E-state index contributed by atoms with van der Waals surface area (Å²) in [5.41, 5.74) is 1.88. The van der Waals surface area contributed by atoms with Crippen LogP contribution in [0.25, 0.3) is 0 Å². The van der Waals surface area contributed by atoms with Gasteiger partial charge in [0.25, 0.3) is 0 Å². The Morgan fingerprint density at radius 3 is 2.35 bits per heavy atom. The highest BCUT2D eigenvalue weighted by molar-refractivity contribution is 5.27. The lowest BCUT2D eigenvalue weighted by molar-refractivity contribution is 0.166. The maximum Gasteiger partial charge on any atom is 0.0104 e. The molecule has 0 aliphatic carbocycles. The van der Waals surface area contributed by atoms with Crippen LogP contribution >= 0.6 is 0 Å². The third kappa shape index (κ3) is 3.83. The fraction of sp³-hybridized carbons (Fsp3) is 0.667. The number of nitrogens with one attached hydrogen (secondary N) is 1. The molecule has 20 heavy (non-hydrogen) atoms. The van der Waals surface area contributed by atoms with Gasteiger partial charge >= 0.3 is 0 Å². The molecule has 0 unspecified atom stereocenters. The van der Waals surface area contributed by atoms with E-state index in [-0.39, 0.29) is 0 Å². The van der Waals surface area contributed by atoms with Crippen LogP contribution in [0.5, 0.6) is 0 Å². The van der Waals surface area contributed by atoms with Gasteiger partial charge in [0.05, 0.1) is 0 Å². The van der Waals surface area contributed by atoms with Gasteiger partial charge in [-0.1, -0.05) is 51.1 Å². The lowest BCUT2D eigenvalue weighted by Gasteiger charge is -2.42. The molecule has 1 aromatic rings. The van der Waals surface area contributed by atoms with Crippen molar-refractivity contribution in [1.29, 1.82) is 0 Å². The molecule has 1 heterocycles. The van der Waals surface area contributed by atoms with Gasteiger partial charge in [-0.2, -0.15) is 0 Å². The molecule has 0 radical (unpaired) electrons. The zero-order valence-electron chi connectivity index (χ0n) is 13.4. The molecule has 1 saturated heterocycles. The van der Waals surface area contributed by atoms with E-state index in [2.05, 4.69) is 61.3 Å². The second kappa shape index (κ2) is 7.24. The molecule has 0 bridgehead atoms. The van der Waals surface area contributed by atoms with Gasteiger partial charge in [-0.25, -0.2) is 0 Å². The lowest BCUT2D eigenvalue weighted by atomic mass is 9.72. The van der Waals surface area contributed by atoms with Gasteiger partial charge in [0, 0.05) is 18.5 Å². The summed E-state index contributed by atoms with van der Waals surface area (Å²) in [7, 11) is 0. The quantitative estimate of drug-likeness (QED) is 0.856. The van der Waals surface area contributed by atoms with E-state index in [0.29, 0.717) is 5.41 Å². The third-order valence-electron chi connectivity index (χ3n) is 4.54. The van der Waals surface area contributed by atoms with Crippen LogP contribution in [0.15, 0.2) is 30.3 Å². The average Bonchev–Trinajstić information content (AvgIpc) is 2.48. The number of benzene rings is 1. The molecule has 1 aromatic carbocycles. The second-order valence-corrected chi connectivity index (χ2v) is 6.62. The first-order valence-electron chi connectivity index (χ1n) is 8.15. The molecular formula is C18H30N2. The summed E-state index contributed by atoms with van der Waals surface area (Å²) in [5.74, 6) is 0.740. The highest BCUT2D eigenvalue weighted by Crippen LogP contribution is 2.34. The summed E-state index contributed by atoms with van der Waals surface area (Å²) >= 11 is 0. The Balaban J connectivity index is 2.19. The highest BCUT2D eigenvalue weighted by Gasteiger charge is 2.35. The van der Waals surface area contributed by atoms with Crippen molar-refractivity contribution in [3.8, 4) is 0 Å². The van der Waals surface area contributed by atoms with Crippen molar-refractivity contribution in [3.05, 3.63) is 35.9 Å². The monoisotopic (exact) mass is 274 g/mol.